The van der Waals surface area contributed by atoms with Crippen molar-refractivity contribution in [2.45, 2.75) is 31.7 Å². The molecule has 2 aromatic heterocycles. The third kappa shape index (κ3) is 3.26. The number of rotatable bonds is 4. The fourth-order valence-corrected chi connectivity index (χ4v) is 2.78. The summed E-state index contributed by atoms with van der Waals surface area (Å²) in [5, 5.41) is 9.65. The van der Waals surface area contributed by atoms with Gasteiger partial charge in [0.25, 0.3) is 0 Å². The van der Waals surface area contributed by atoms with E-state index in [4.69, 9.17) is 4.42 Å². The number of amides is 2. The zero-order valence-electron chi connectivity index (χ0n) is 11.9. The van der Waals surface area contributed by atoms with Crippen LogP contribution >= 0.6 is 0 Å². The Kier molecular flexibility index (Phi) is 4.23. The average Bonchev–Trinajstić information content (AvgIpc) is 3.20. The second-order valence-corrected chi connectivity index (χ2v) is 5.31. The molecule has 112 valence electrons. The van der Waals surface area contributed by atoms with Crippen molar-refractivity contribution in [3.05, 3.63) is 42.1 Å². The van der Waals surface area contributed by atoms with Crippen LogP contribution in [0.25, 0.3) is 0 Å². The van der Waals surface area contributed by atoms with E-state index in [9.17, 15) is 4.79 Å². The summed E-state index contributed by atoms with van der Waals surface area (Å²) in [5.74, 6) is 0.875. The van der Waals surface area contributed by atoms with E-state index in [1.807, 2.05) is 23.2 Å². The molecule has 2 aromatic rings. The van der Waals surface area contributed by atoms with Crippen molar-refractivity contribution in [1.29, 1.82) is 0 Å². The van der Waals surface area contributed by atoms with Crippen LogP contribution in [0.4, 0.5) is 4.79 Å². The van der Waals surface area contributed by atoms with Gasteiger partial charge in [-0.3, -0.25) is 5.10 Å². The third-order valence-electron chi connectivity index (χ3n) is 3.88. The maximum Gasteiger partial charge on any atom is 0.318 e. The second kappa shape index (κ2) is 6.47. The number of nitrogens with zero attached hydrogens (tertiary/aromatic N) is 2. The Bertz CT molecular complexity index is 550. The molecule has 0 spiro atoms. The maximum absolute atomic E-state index is 12.4. The van der Waals surface area contributed by atoms with Crippen molar-refractivity contribution in [1.82, 2.24) is 20.4 Å². The molecule has 0 bridgehead atoms. The number of likely N-dealkylation sites (tertiary alicyclic amines) is 1. The lowest BCUT2D eigenvalue weighted by Gasteiger charge is -2.34. The van der Waals surface area contributed by atoms with Gasteiger partial charge in [-0.05, 0) is 43.4 Å². The minimum atomic E-state index is -0.0143. The lowest BCUT2D eigenvalue weighted by molar-refractivity contribution is 0.140. The topological polar surface area (TPSA) is 74.2 Å². The number of nitrogens with one attached hydrogen (secondary N) is 2. The number of H-pyrrole nitrogens is 1. The fourth-order valence-electron chi connectivity index (χ4n) is 2.78. The van der Waals surface area contributed by atoms with E-state index < -0.39 is 0 Å². The lowest BCUT2D eigenvalue weighted by Crippen LogP contribution is -2.45. The molecule has 1 unspecified atom stereocenters. The van der Waals surface area contributed by atoms with Crippen molar-refractivity contribution in [3.63, 3.8) is 0 Å². The first-order valence-corrected chi connectivity index (χ1v) is 7.40. The molecule has 1 fully saturated rings. The highest BCUT2D eigenvalue weighted by Gasteiger charge is 2.29. The average molecular weight is 288 g/mol. The zero-order chi connectivity index (χ0) is 14.5. The molecule has 21 heavy (non-hydrogen) atoms. The normalized spacial score (nSPS) is 18.7. The molecular formula is C15H20N4O2. The van der Waals surface area contributed by atoms with E-state index in [2.05, 4.69) is 15.5 Å². The number of carbonyl (C=O) groups is 1. The number of hydrogen-bond acceptors (Lipinski definition) is 3. The van der Waals surface area contributed by atoms with Crippen LogP contribution in [-0.2, 0) is 6.42 Å². The highest BCUT2D eigenvalue weighted by atomic mass is 16.3. The highest BCUT2D eigenvalue weighted by Crippen LogP contribution is 2.30. The second-order valence-electron chi connectivity index (χ2n) is 5.31. The van der Waals surface area contributed by atoms with Gasteiger partial charge in [-0.15, -0.1) is 0 Å². The van der Waals surface area contributed by atoms with Crippen molar-refractivity contribution in [2.24, 2.45) is 0 Å². The molecule has 3 rings (SSSR count). The zero-order valence-corrected chi connectivity index (χ0v) is 11.9. The first-order chi connectivity index (χ1) is 10.3. The molecular weight excluding hydrogens is 268 g/mol. The molecule has 3 heterocycles. The van der Waals surface area contributed by atoms with Crippen LogP contribution in [0.2, 0.25) is 0 Å². The van der Waals surface area contributed by atoms with E-state index in [-0.39, 0.29) is 12.1 Å². The first kappa shape index (κ1) is 13.7. The molecule has 1 aliphatic heterocycles. The molecule has 1 atom stereocenters. The Morgan fingerprint density at radius 3 is 3.24 bits per heavy atom. The fraction of sp³-hybridized carbons (Fsp3) is 0.467. The molecule has 0 saturated carbocycles. The van der Waals surface area contributed by atoms with Crippen LogP contribution in [0.3, 0.4) is 0 Å². The summed E-state index contributed by atoms with van der Waals surface area (Å²) in [5.41, 5.74) is 1.09. The van der Waals surface area contributed by atoms with Crippen molar-refractivity contribution in [3.8, 4) is 0 Å². The molecule has 0 radical (unpaired) electrons. The van der Waals surface area contributed by atoms with Crippen LogP contribution in [0.1, 0.15) is 36.6 Å². The van der Waals surface area contributed by atoms with Gasteiger partial charge in [0, 0.05) is 19.3 Å². The number of hydrogen-bond donors (Lipinski definition) is 2. The Morgan fingerprint density at radius 1 is 1.52 bits per heavy atom. The smallest absolute Gasteiger partial charge is 0.318 e. The molecule has 6 nitrogen and oxygen atoms in total. The summed E-state index contributed by atoms with van der Waals surface area (Å²) in [7, 11) is 0. The van der Waals surface area contributed by atoms with Gasteiger partial charge in [0.1, 0.15) is 5.76 Å². The minimum absolute atomic E-state index is 0.0143. The van der Waals surface area contributed by atoms with E-state index in [1.165, 1.54) is 0 Å². The Balaban J connectivity index is 1.56. The van der Waals surface area contributed by atoms with Gasteiger partial charge in [-0.1, -0.05) is 0 Å². The predicted octanol–water partition coefficient (Wildman–Crippen LogP) is 2.48. The van der Waals surface area contributed by atoms with E-state index in [0.717, 1.165) is 43.6 Å². The van der Waals surface area contributed by atoms with E-state index >= 15 is 0 Å². The van der Waals surface area contributed by atoms with Crippen LogP contribution < -0.4 is 5.32 Å². The Morgan fingerprint density at radius 2 is 2.48 bits per heavy atom. The third-order valence-corrected chi connectivity index (χ3v) is 3.88. The standard InChI is InChI=1S/C15H20N4O2/c20-15(16-7-6-12-10-17-18-11-12)19-8-2-1-4-13(19)14-5-3-9-21-14/h3,5,9-11,13H,1-2,4,6-8H2,(H,16,20)(H,17,18). The number of furan rings is 1. The first-order valence-electron chi connectivity index (χ1n) is 7.40. The van der Waals surface area contributed by atoms with Crippen molar-refractivity contribution in [2.75, 3.05) is 13.1 Å². The predicted molar refractivity (Wildman–Crippen MR) is 77.7 cm³/mol. The summed E-state index contributed by atoms with van der Waals surface area (Å²) in [6, 6.07) is 3.86. The summed E-state index contributed by atoms with van der Waals surface area (Å²) in [6.07, 6.45) is 9.21. The van der Waals surface area contributed by atoms with Gasteiger partial charge in [0.15, 0.2) is 0 Å². The summed E-state index contributed by atoms with van der Waals surface area (Å²) in [6.45, 7) is 1.39. The minimum Gasteiger partial charge on any atom is -0.467 e. The molecule has 1 saturated heterocycles. The van der Waals surface area contributed by atoms with E-state index in [1.54, 1.807) is 12.5 Å². The molecule has 2 N–H and O–H groups in total. The van der Waals surface area contributed by atoms with E-state index in [0.29, 0.717) is 6.54 Å². The monoisotopic (exact) mass is 288 g/mol. The molecule has 1 aliphatic rings. The van der Waals surface area contributed by atoms with Gasteiger partial charge in [-0.25, -0.2) is 4.79 Å². The number of aromatic nitrogens is 2. The number of piperidine rings is 1. The van der Waals surface area contributed by atoms with Crippen LogP contribution in [0, 0.1) is 0 Å². The van der Waals surface area contributed by atoms with Crippen LogP contribution in [0.15, 0.2) is 35.2 Å². The quantitative estimate of drug-likeness (QED) is 0.907. The Labute approximate surface area is 123 Å². The SMILES string of the molecule is O=C(NCCc1cn[nH]c1)N1CCCCC1c1ccco1. The van der Waals surface area contributed by atoms with Gasteiger partial charge in [-0.2, -0.15) is 5.10 Å². The lowest BCUT2D eigenvalue weighted by atomic mass is 10.0. The Hall–Kier alpha value is -2.24. The highest BCUT2D eigenvalue weighted by molar-refractivity contribution is 5.74. The summed E-state index contributed by atoms with van der Waals surface area (Å²) >= 11 is 0. The molecule has 2 amide bonds. The van der Waals surface area contributed by atoms with Crippen molar-refractivity contribution < 1.29 is 9.21 Å². The van der Waals surface area contributed by atoms with Crippen LogP contribution in [-0.4, -0.2) is 34.2 Å². The molecule has 0 aliphatic carbocycles. The number of carbonyl (C=O) groups excluding carboxylic acids is 1. The maximum atomic E-state index is 12.4. The van der Waals surface area contributed by atoms with Gasteiger partial charge in [0.05, 0.1) is 18.5 Å². The summed E-state index contributed by atoms with van der Waals surface area (Å²) in [4.78, 5) is 14.3. The number of urea groups is 1. The van der Waals surface area contributed by atoms with Crippen LogP contribution in [0.5, 0.6) is 0 Å². The largest absolute Gasteiger partial charge is 0.467 e. The van der Waals surface area contributed by atoms with Gasteiger partial charge in [0.2, 0.25) is 0 Å². The molecule has 0 aromatic carbocycles. The van der Waals surface area contributed by atoms with Crippen molar-refractivity contribution >= 4 is 6.03 Å². The number of aromatic amines is 1. The summed E-state index contributed by atoms with van der Waals surface area (Å²) < 4.78 is 5.48. The molecule has 6 heteroatoms. The van der Waals surface area contributed by atoms with Gasteiger partial charge < -0.3 is 14.6 Å². The van der Waals surface area contributed by atoms with Gasteiger partial charge >= 0.3 is 6.03 Å².